The van der Waals surface area contributed by atoms with Crippen LogP contribution in [0, 0.1) is 0 Å². The van der Waals surface area contributed by atoms with E-state index in [4.69, 9.17) is 0 Å². The molecular formula is C58H37N3O. The van der Waals surface area contributed by atoms with E-state index in [1.54, 1.807) is 0 Å². The maximum absolute atomic E-state index is 14.0. The van der Waals surface area contributed by atoms with Gasteiger partial charge in [-0.15, -0.1) is 0 Å². The molecule has 62 heavy (non-hydrogen) atoms. The van der Waals surface area contributed by atoms with Gasteiger partial charge >= 0.3 is 0 Å². The number of para-hydroxylation sites is 4. The van der Waals surface area contributed by atoms with Gasteiger partial charge in [-0.2, -0.15) is 0 Å². The predicted molar refractivity (Wildman–Crippen MR) is 259 cm³/mol. The van der Waals surface area contributed by atoms with Crippen molar-refractivity contribution in [2.75, 3.05) is 0 Å². The minimum Gasteiger partial charge on any atom is -0.307 e. The molecule has 0 atom stereocenters. The number of nitrogens with zero attached hydrogens (tertiary/aromatic N) is 3. The molecule has 0 radical (unpaired) electrons. The van der Waals surface area contributed by atoms with E-state index in [0.717, 1.165) is 54.9 Å². The lowest BCUT2D eigenvalue weighted by molar-refractivity contribution is 0.660. The molecule has 4 heterocycles. The summed E-state index contributed by atoms with van der Waals surface area (Å²) in [6.07, 6.45) is 0. The molecule has 1 aliphatic carbocycles. The van der Waals surface area contributed by atoms with Gasteiger partial charge in [0.05, 0.1) is 33.1 Å². The molecule has 4 heteroatoms. The van der Waals surface area contributed by atoms with E-state index in [0.29, 0.717) is 0 Å². The molecule has 4 aromatic heterocycles. The predicted octanol–water partition coefficient (Wildman–Crippen LogP) is 14.4. The number of fused-ring (bicyclic) bond motifs is 15. The molecule has 14 rings (SSSR count). The molecule has 0 unspecified atom stereocenters. The normalized spacial score (nSPS) is 13.5. The summed E-state index contributed by atoms with van der Waals surface area (Å²) in [5.41, 5.74) is 16.4. The Balaban J connectivity index is 0.952. The zero-order valence-corrected chi connectivity index (χ0v) is 34.1. The number of rotatable bonds is 3. The lowest BCUT2D eigenvalue weighted by atomic mass is 9.81. The molecule has 0 saturated carbocycles. The van der Waals surface area contributed by atoms with Crippen LogP contribution in [0.1, 0.15) is 25.0 Å². The number of benzene rings is 9. The van der Waals surface area contributed by atoms with Gasteiger partial charge in [0.2, 0.25) is 0 Å². The molecule has 0 amide bonds. The van der Waals surface area contributed by atoms with E-state index in [9.17, 15) is 4.79 Å². The van der Waals surface area contributed by atoms with E-state index in [1.165, 1.54) is 71.4 Å². The molecule has 0 fully saturated rings. The Morgan fingerprint density at radius 1 is 0.355 bits per heavy atom. The Morgan fingerprint density at radius 2 is 0.871 bits per heavy atom. The standard InChI is InChI=1S/C58H37N3O/c1-58(2)49-32-35(34-24-30-53-48(31-34)44-20-12-19-43-38-15-6-7-18-47(38)57(62)61(53)54(43)44)23-26-39(49)40-27-25-37(33-50(40)58)60-52-22-11-9-17-42(52)46-29-28-45-41-16-8-10-21-51(41)59(55(45)56(46)60)36-13-4-3-5-14-36/h3-33H,1-2H3. The van der Waals surface area contributed by atoms with Crippen LogP contribution in [0.15, 0.2) is 193 Å². The van der Waals surface area contributed by atoms with Gasteiger partial charge in [-0.3, -0.25) is 9.20 Å². The van der Waals surface area contributed by atoms with E-state index in [1.807, 2.05) is 22.6 Å². The van der Waals surface area contributed by atoms with Crippen LogP contribution >= 0.6 is 0 Å². The fourth-order valence-corrected chi connectivity index (χ4v) is 11.4. The highest BCUT2D eigenvalue weighted by atomic mass is 16.1. The van der Waals surface area contributed by atoms with Gasteiger partial charge < -0.3 is 9.13 Å². The van der Waals surface area contributed by atoms with Crippen molar-refractivity contribution in [3.63, 3.8) is 0 Å². The number of aromatic nitrogens is 3. The van der Waals surface area contributed by atoms with Crippen LogP contribution in [0.5, 0.6) is 0 Å². The molecule has 290 valence electrons. The third kappa shape index (κ3) is 4.23. The Labute approximate surface area is 356 Å². The average molecular weight is 792 g/mol. The molecule has 0 N–H and O–H groups in total. The van der Waals surface area contributed by atoms with Gasteiger partial charge in [-0.05, 0) is 99.4 Å². The summed E-state index contributed by atoms with van der Waals surface area (Å²) >= 11 is 0. The zero-order chi connectivity index (χ0) is 41.0. The highest BCUT2D eigenvalue weighted by Crippen LogP contribution is 2.51. The van der Waals surface area contributed by atoms with Gasteiger partial charge in [-0.25, -0.2) is 0 Å². The van der Waals surface area contributed by atoms with Crippen molar-refractivity contribution in [3.8, 4) is 33.6 Å². The third-order valence-electron chi connectivity index (χ3n) is 14.2. The number of hydrogen-bond donors (Lipinski definition) is 0. The fourth-order valence-electron chi connectivity index (χ4n) is 11.4. The van der Waals surface area contributed by atoms with E-state index < -0.39 is 0 Å². The SMILES string of the molecule is CC1(C)c2cc(-c3ccc4c(c3)c3cccc5c6ccccc6c(=O)n4c53)ccc2-c2ccc(-n3c4ccccc4c4ccc5c6ccccc6n(-c6ccccc6)c5c43)cc21. The topological polar surface area (TPSA) is 31.3 Å². The molecule has 0 aliphatic heterocycles. The van der Waals surface area contributed by atoms with Crippen molar-refractivity contribution >= 4 is 81.6 Å². The van der Waals surface area contributed by atoms with Crippen LogP contribution in [0.2, 0.25) is 0 Å². The molecular weight excluding hydrogens is 755 g/mol. The maximum atomic E-state index is 14.0. The van der Waals surface area contributed by atoms with Crippen LogP contribution < -0.4 is 5.56 Å². The van der Waals surface area contributed by atoms with E-state index in [2.05, 4.69) is 193 Å². The van der Waals surface area contributed by atoms with Gasteiger partial charge in [0.1, 0.15) is 0 Å². The lowest BCUT2D eigenvalue weighted by Crippen LogP contribution is -2.15. The van der Waals surface area contributed by atoms with Crippen molar-refractivity contribution < 1.29 is 0 Å². The highest BCUT2D eigenvalue weighted by Gasteiger charge is 2.36. The summed E-state index contributed by atoms with van der Waals surface area (Å²) in [5.74, 6) is 0. The maximum Gasteiger partial charge on any atom is 0.263 e. The number of pyridine rings is 1. The van der Waals surface area contributed by atoms with Crippen LogP contribution in [0.3, 0.4) is 0 Å². The second-order valence-electron chi connectivity index (χ2n) is 17.6. The second kappa shape index (κ2) is 11.9. The molecule has 0 bridgehead atoms. The van der Waals surface area contributed by atoms with Crippen molar-refractivity contribution in [1.82, 2.24) is 13.5 Å². The van der Waals surface area contributed by atoms with Crippen molar-refractivity contribution in [3.05, 3.63) is 210 Å². The van der Waals surface area contributed by atoms with Gasteiger partial charge in [0.15, 0.2) is 0 Å². The first-order valence-corrected chi connectivity index (χ1v) is 21.5. The molecule has 9 aromatic carbocycles. The summed E-state index contributed by atoms with van der Waals surface area (Å²) in [6, 6.07) is 68.2. The first-order chi connectivity index (χ1) is 30.5. The summed E-state index contributed by atoms with van der Waals surface area (Å²) in [5, 5.41) is 10.0. The van der Waals surface area contributed by atoms with E-state index in [-0.39, 0.29) is 11.0 Å². The fraction of sp³-hybridized carbons (Fsp3) is 0.0517. The minimum atomic E-state index is -0.254. The Bertz CT molecular complexity index is 4140. The number of hydrogen-bond acceptors (Lipinski definition) is 1. The highest BCUT2D eigenvalue weighted by molar-refractivity contribution is 6.24. The van der Waals surface area contributed by atoms with Gasteiger partial charge in [0.25, 0.3) is 5.56 Å². The van der Waals surface area contributed by atoms with Gasteiger partial charge in [-0.1, -0.05) is 141 Å². The lowest BCUT2D eigenvalue weighted by Gasteiger charge is -2.23. The third-order valence-corrected chi connectivity index (χ3v) is 14.2. The minimum absolute atomic E-state index is 0.0346. The average Bonchev–Trinajstić information content (AvgIpc) is 4.02. The monoisotopic (exact) mass is 791 g/mol. The van der Waals surface area contributed by atoms with Crippen LogP contribution in [0.4, 0.5) is 0 Å². The summed E-state index contributed by atoms with van der Waals surface area (Å²) in [7, 11) is 0. The molecule has 4 nitrogen and oxygen atoms in total. The largest absolute Gasteiger partial charge is 0.307 e. The molecule has 13 aromatic rings. The van der Waals surface area contributed by atoms with Crippen molar-refractivity contribution in [1.29, 1.82) is 0 Å². The smallest absolute Gasteiger partial charge is 0.263 e. The van der Waals surface area contributed by atoms with E-state index >= 15 is 0 Å². The summed E-state index contributed by atoms with van der Waals surface area (Å²) < 4.78 is 6.89. The van der Waals surface area contributed by atoms with Crippen LogP contribution in [0.25, 0.3) is 115 Å². The zero-order valence-electron chi connectivity index (χ0n) is 34.1. The first kappa shape index (κ1) is 33.8. The Kier molecular flexibility index (Phi) is 6.48. The van der Waals surface area contributed by atoms with Gasteiger partial charge in [0, 0.05) is 59.9 Å². The Morgan fingerprint density at radius 3 is 1.58 bits per heavy atom. The van der Waals surface area contributed by atoms with Crippen molar-refractivity contribution in [2.24, 2.45) is 0 Å². The summed E-state index contributed by atoms with van der Waals surface area (Å²) in [6.45, 7) is 4.75. The van der Waals surface area contributed by atoms with Crippen LogP contribution in [-0.2, 0) is 5.41 Å². The van der Waals surface area contributed by atoms with Crippen LogP contribution in [-0.4, -0.2) is 13.5 Å². The molecule has 0 spiro atoms. The molecule has 1 aliphatic rings. The Hall–Kier alpha value is -7.95. The second-order valence-corrected chi connectivity index (χ2v) is 17.6. The quantitative estimate of drug-likeness (QED) is 0.164. The first-order valence-electron chi connectivity index (χ1n) is 21.5. The molecule has 0 saturated heterocycles. The summed E-state index contributed by atoms with van der Waals surface area (Å²) in [4.78, 5) is 14.0. The van der Waals surface area contributed by atoms with Crippen molar-refractivity contribution in [2.45, 2.75) is 19.3 Å².